The number of carbonyl (C=O) groups excluding carboxylic acids is 1. The highest BCUT2D eigenvalue weighted by molar-refractivity contribution is 6.30. The van der Waals surface area contributed by atoms with Crippen molar-refractivity contribution in [3.8, 4) is 0 Å². The third-order valence-electron chi connectivity index (χ3n) is 2.33. The van der Waals surface area contributed by atoms with Crippen LogP contribution in [0.3, 0.4) is 0 Å². The molecule has 90 valence electrons. The molecule has 1 rings (SSSR count). The van der Waals surface area contributed by atoms with Crippen LogP contribution in [0, 0.1) is 0 Å². The van der Waals surface area contributed by atoms with Gasteiger partial charge in [-0.2, -0.15) is 0 Å². The first-order chi connectivity index (χ1) is 7.17. The standard InChI is InChI=1S/C11H14ClNO2.ClH/c1-15-11(14)6-9(7-13)8-2-4-10(12)5-3-8;/h2-5,9H,6-7,13H2,1H3;1H. The molecule has 3 nitrogen and oxygen atoms in total. The number of quaternary nitrogens is 1. The number of esters is 1. The zero-order chi connectivity index (χ0) is 11.3. The maximum atomic E-state index is 11.1. The quantitative estimate of drug-likeness (QED) is 0.655. The average molecular weight is 264 g/mol. The van der Waals surface area contributed by atoms with E-state index in [2.05, 4.69) is 10.5 Å². The number of benzene rings is 1. The monoisotopic (exact) mass is 263 g/mol. The molecule has 0 spiro atoms. The fourth-order valence-electron chi connectivity index (χ4n) is 1.41. The number of halogens is 2. The Bertz CT molecular complexity index is 327. The van der Waals surface area contributed by atoms with Crippen molar-refractivity contribution in [1.29, 1.82) is 0 Å². The molecule has 0 aliphatic heterocycles. The van der Waals surface area contributed by atoms with E-state index in [9.17, 15) is 4.79 Å². The zero-order valence-corrected chi connectivity index (χ0v) is 10.6. The number of hydrogen-bond donors (Lipinski definition) is 1. The Balaban J connectivity index is 0.00000225. The van der Waals surface area contributed by atoms with E-state index < -0.39 is 0 Å². The summed E-state index contributed by atoms with van der Waals surface area (Å²) in [6, 6.07) is 7.47. The van der Waals surface area contributed by atoms with Crippen molar-refractivity contribution < 1.29 is 27.7 Å². The van der Waals surface area contributed by atoms with Crippen LogP contribution in [0.15, 0.2) is 24.3 Å². The lowest BCUT2D eigenvalue weighted by Crippen LogP contribution is -3.00. The summed E-state index contributed by atoms with van der Waals surface area (Å²) in [6.07, 6.45) is 0.363. The van der Waals surface area contributed by atoms with Gasteiger partial charge in [-0.3, -0.25) is 4.79 Å². The number of ether oxygens (including phenoxy) is 1. The first-order valence-corrected chi connectivity index (χ1v) is 5.16. The number of methoxy groups -OCH3 is 1. The third-order valence-corrected chi connectivity index (χ3v) is 2.58. The van der Waals surface area contributed by atoms with Crippen molar-refractivity contribution in [2.75, 3.05) is 13.7 Å². The second-order valence-corrected chi connectivity index (χ2v) is 3.75. The van der Waals surface area contributed by atoms with Crippen LogP contribution in [0.25, 0.3) is 0 Å². The van der Waals surface area contributed by atoms with Gasteiger partial charge in [0.2, 0.25) is 0 Å². The van der Waals surface area contributed by atoms with Gasteiger partial charge in [0.25, 0.3) is 0 Å². The first-order valence-electron chi connectivity index (χ1n) is 4.79. The predicted molar refractivity (Wildman–Crippen MR) is 58.6 cm³/mol. The number of carbonyl (C=O) groups is 1. The fraction of sp³-hybridized carbons (Fsp3) is 0.364. The van der Waals surface area contributed by atoms with Gasteiger partial charge in [0.05, 0.1) is 20.1 Å². The van der Waals surface area contributed by atoms with Crippen LogP contribution >= 0.6 is 11.6 Å². The van der Waals surface area contributed by atoms with E-state index in [4.69, 9.17) is 11.6 Å². The van der Waals surface area contributed by atoms with Gasteiger partial charge in [-0.15, -0.1) is 0 Å². The van der Waals surface area contributed by atoms with Crippen molar-refractivity contribution in [3.63, 3.8) is 0 Å². The molecule has 0 fully saturated rings. The zero-order valence-electron chi connectivity index (χ0n) is 9.08. The Labute approximate surface area is 106 Å². The predicted octanol–water partition coefficient (Wildman–Crippen LogP) is -1.77. The summed E-state index contributed by atoms with van der Waals surface area (Å²) in [6.45, 7) is 0.663. The SMILES string of the molecule is COC(=O)CC(C[NH3+])c1ccc(Cl)cc1.[Cl-]. The molecule has 0 bridgehead atoms. The van der Waals surface area contributed by atoms with Crippen LogP contribution in [-0.4, -0.2) is 19.6 Å². The average Bonchev–Trinajstić information content (AvgIpc) is 2.27. The van der Waals surface area contributed by atoms with Crippen molar-refractivity contribution in [2.24, 2.45) is 0 Å². The van der Waals surface area contributed by atoms with Gasteiger partial charge in [-0.1, -0.05) is 23.7 Å². The molecule has 1 atom stereocenters. The Morgan fingerprint density at radius 3 is 2.44 bits per heavy atom. The number of hydrogen-bond acceptors (Lipinski definition) is 2. The van der Waals surface area contributed by atoms with E-state index >= 15 is 0 Å². The Morgan fingerprint density at radius 1 is 1.44 bits per heavy atom. The molecule has 0 aromatic heterocycles. The first kappa shape index (κ1) is 15.2. The van der Waals surface area contributed by atoms with Crippen LogP contribution in [0.1, 0.15) is 17.9 Å². The molecule has 0 radical (unpaired) electrons. The molecule has 0 saturated heterocycles. The van der Waals surface area contributed by atoms with E-state index in [1.807, 2.05) is 24.3 Å². The second-order valence-electron chi connectivity index (χ2n) is 3.32. The lowest BCUT2D eigenvalue weighted by Gasteiger charge is -2.11. The maximum Gasteiger partial charge on any atom is 0.306 e. The normalized spacial score (nSPS) is 11.4. The highest BCUT2D eigenvalue weighted by Gasteiger charge is 2.16. The summed E-state index contributed by atoms with van der Waals surface area (Å²) in [7, 11) is 1.39. The molecule has 1 aromatic carbocycles. The molecule has 16 heavy (non-hydrogen) atoms. The van der Waals surface area contributed by atoms with Crippen LogP contribution in [0.4, 0.5) is 0 Å². The maximum absolute atomic E-state index is 11.1. The van der Waals surface area contributed by atoms with Gasteiger partial charge in [0, 0.05) is 10.9 Å². The summed E-state index contributed by atoms with van der Waals surface area (Å²) in [5.41, 5.74) is 4.90. The van der Waals surface area contributed by atoms with E-state index in [0.717, 1.165) is 5.56 Å². The number of rotatable bonds is 4. The molecule has 1 aromatic rings. The summed E-state index contributed by atoms with van der Waals surface area (Å²) in [5.74, 6) is -0.103. The third kappa shape index (κ3) is 4.39. The summed E-state index contributed by atoms with van der Waals surface area (Å²) >= 11 is 5.79. The lowest BCUT2D eigenvalue weighted by molar-refractivity contribution is -0.372. The summed E-state index contributed by atoms with van der Waals surface area (Å²) in [5, 5.41) is 0.694. The molecule has 0 amide bonds. The van der Waals surface area contributed by atoms with E-state index in [1.54, 1.807) is 0 Å². The van der Waals surface area contributed by atoms with Gasteiger partial charge in [0.15, 0.2) is 0 Å². The molecular formula is C11H15Cl2NO2. The van der Waals surface area contributed by atoms with E-state index in [0.29, 0.717) is 18.0 Å². The summed E-state index contributed by atoms with van der Waals surface area (Å²) in [4.78, 5) is 11.1. The molecule has 3 N–H and O–H groups in total. The molecule has 1 unspecified atom stereocenters. The van der Waals surface area contributed by atoms with Crippen molar-refractivity contribution in [1.82, 2.24) is 0 Å². The van der Waals surface area contributed by atoms with Crippen molar-refractivity contribution >= 4 is 17.6 Å². The van der Waals surface area contributed by atoms with Gasteiger partial charge < -0.3 is 22.9 Å². The van der Waals surface area contributed by atoms with Crippen LogP contribution in [0.2, 0.25) is 5.02 Å². The molecule has 0 saturated carbocycles. The minimum absolute atomic E-state index is 0. The van der Waals surface area contributed by atoms with Crippen molar-refractivity contribution in [2.45, 2.75) is 12.3 Å². The van der Waals surface area contributed by atoms with E-state index in [1.165, 1.54) is 7.11 Å². The molecular weight excluding hydrogens is 249 g/mol. The van der Waals surface area contributed by atoms with E-state index in [-0.39, 0.29) is 24.3 Å². The topological polar surface area (TPSA) is 53.9 Å². The summed E-state index contributed by atoms with van der Waals surface area (Å²) < 4.78 is 4.63. The van der Waals surface area contributed by atoms with Crippen LogP contribution < -0.4 is 18.1 Å². The minimum atomic E-state index is -0.210. The molecule has 0 aliphatic carbocycles. The highest BCUT2D eigenvalue weighted by atomic mass is 35.5. The molecule has 0 heterocycles. The lowest BCUT2D eigenvalue weighted by atomic mass is 9.96. The molecule has 0 aliphatic rings. The Morgan fingerprint density at radius 2 is 2.00 bits per heavy atom. The Kier molecular flexibility index (Phi) is 7.13. The molecule has 5 heteroatoms. The second kappa shape index (κ2) is 7.49. The smallest absolute Gasteiger partial charge is 0.306 e. The van der Waals surface area contributed by atoms with Crippen molar-refractivity contribution in [3.05, 3.63) is 34.9 Å². The van der Waals surface area contributed by atoms with Gasteiger partial charge in [0.1, 0.15) is 0 Å². The fourth-order valence-corrected chi connectivity index (χ4v) is 1.53. The highest BCUT2D eigenvalue weighted by Crippen LogP contribution is 2.20. The van der Waals surface area contributed by atoms with Crippen LogP contribution in [-0.2, 0) is 9.53 Å². The largest absolute Gasteiger partial charge is 1.00 e. The van der Waals surface area contributed by atoms with Crippen LogP contribution in [0.5, 0.6) is 0 Å². The minimum Gasteiger partial charge on any atom is -1.00 e. The van der Waals surface area contributed by atoms with Gasteiger partial charge in [-0.25, -0.2) is 0 Å². The van der Waals surface area contributed by atoms with Gasteiger partial charge >= 0.3 is 5.97 Å². The Hall–Kier alpha value is -0.770. The van der Waals surface area contributed by atoms with Gasteiger partial charge in [-0.05, 0) is 17.7 Å².